The Bertz CT molecular complexity index is 895. The van der Waals surface area contributed by atoms with Gasteiger partial charge >= 0.3 is 5.97 Å². The Morgan fingerprint density at radius 2 is 1.56 bits per heavy atom. The highest BCUT2D eigenvalue weighted by molar-refractivity contribution is 6.31. The molecule has 0 saturated heterocycles. The van der Waals surface area contributed by atoms with E-state index in [9.17, 15) is 9.59 Å². The van der Waals surface area contributed by atoms with Gasteiger partial charge < -0.3 is 14.8 Å². The number of benzene rings is 1. The van der Waals surface area contributed by atoms with Crippen LogP contribution in [0.1, 0.15) is 83.9 Å². The molecule has 6 heteroatoms. The molecule has 178 valence electrons. The van der Waals surface area contributed by atoms with Crippen molar-refractivity contribution in [3.8, 4) is 0 Å². The SMILES string of the molecule is CC.COC1(C)CCC2(CC1)NC(=O)C(c1c(C)cc(Cl)cc1C)=C2OC(=O)C(C)(C)C. The molecule has 1 aliphatic carbocycles. The summed E-state index contributed by atoms with van der Waals surface area (Å²) in [5, 5.41) is 3.79. The number of esters is 1. The Labute approximate surface area is 197 Å². The van der Waals surface area contributed by atoms with Crippen LogP contribution < -0.4 is 5.32 Å². The van der Waals surface area contributed by atoms with Crippen LogP contribution in [0, 0.1) is 19.3 Å². The second-order valence-corrected chi connectivity index (χ2v) is 10.4. The van der Waals surface area contributed by atoms with E-state index in [1.165, 1.54) is 0 Å². The van der Waals surface area contributed by atoms with Crippen molar-refractivity contribution in [1.82, 2.24) is 5.32 Å². The van der Waals surface area contributed by atoms with Crippen LogP contribution in [0.2, 0.25) is 5.02 Å². The number of rotatable bonds is 3. The highest BCUT2D eigenvalue weighted by Crippen LogP contribution is 2.48. The van der Waals surface area contributed by atoms with Gasteiger partial charge in [-0.25, -0.2) is 0 Å². The molecule has 0 unspecified atom stereocenters. The summed E-state index contributed by atoms with van der Waals surface area (Å²) in [5.41, 5.74) is 1.34. The largest absolute Gasteiger partial charge is 0.427 e. The second kappa shape index (κ2) is 9.56. The first-order valence-corrected chi connectivity index (χ1v) is 11.8. The van der Waals surface area contributed by atoms with Gasteiger partial charge in [0.2, 0.25) is 0 Å². The summed E-state index contributed by atoms with van der Waals surface area (Å²) in [5.74, 6) is -0.115. The van der Waals surface area contributed by atoms with Crippen LogP contribution in [0.15, 0.2) is 17.9 Å². The fourth-order valence-electron chi connectivity index (χ4n) is 4.37. The molecule has 1 amide bonds. The minimum atomic E-state index is -0.704. The minimum absolute atomic E-state index is 0.207. The zero-order chi connectivity index (χ0) is 24.5. The van der Waals surface area contributed by atoms with E-state index in [0.29, 0.717) is 29.2 Å². The molecular weight excluding hydrogens is 426 g/mol. The van der Waals surface area contributed by atoms with Gasteiger partial charge in [-0.1, -0.05) is 25.4 Å². The normalized spacial score (nSPS) is 25.4. The zero-order valence-electron chi connectivity index (χ0n) is 21.0. The number of ether oxygens (including phenoxy) is 2. The van der Waals surface area contributed by atoms with Crippen LogP contribution >= 0.6 is 11.6 Å². The van der Waals surface area contributed by atoms with E-state index in [-0.39, 0.29) is 17.5 Å². The number of carbonyl (C=O) groups excluding carboxylic acids is 2. The van der Waals surface area contributed by atoms with Crippen molar-refractivity contribution in [2.75, 3.05) is 7.11 Å². The van der Waals surface area contributed by atoms with Gasteiger partial charge in [-0.15, -0.1) is 0 Å². The highest BCUT2D eigenvalue weighted by Gasteiger charge is 2.52. The molecule has 0 bridgehead atoms. The summed E-state index contributed by atoms with van der Waals surface area (Å²) in [7, 11) is 1.72. The molecule has 1 aliphatic heterocycles. The third kappa shape index (κ3) is 5.04. The molecule has 1 aromatic carbocycles. The first-order chi connectivity index (χ1) is 14.8. The van der Waals surface area contributed by atoms with Gasteiger partial charge in [0.05, 0.1) is 22.1 Å². The third-order valence-electron chi connectivity index (χ3n) is 6.45. The standard InChI is InChI=1S/C24H32ClNO4.C2H6/c1-14-12-16(25)13-15(2)17(14)18-19(30-21(28)22(3,4)5)24(26-20(18)27)10-8-23(6,29-7)9-11-24;1-2/h12-13H,8-11H2,1-7H3,(H,26,27);1-2H3. The first kappa shape index (κ1) is 26.4. The maximum atomic E-state index is 13.3. The highest BCUT2D eigenvalue weighted by atomic mass is 35.5. The number of hydrogen-bond donors (Lipinski definition) is 1. The van der Waals surface area contributed by atoms with Crippen molar-refractivity contribution in [2.24, 2.45) is 5.41 Å². The van der Waals surface area contributed by atoms with E-state index < -0.39 is 11.0 Å². The van der Waals surface area contributed by atoms with Crippen LogP contribution in [0.3, 0.4) is 0 Å². The number of carbonyl (C=O) groups is 2. The molecular formula is C26H38ClNO4. The number of hydrogen-bond acceptors (Lipinski definition) is 4. The van der Waals surface area contributed by atoms with Gasteiger partial charge in [-0.3, -0.25) is 9.59 Å². The minimum Gasteiger partial charge on any atom is -0.427 e. The summed E-state index contributed by atoms with van der Waals surface area (Å²) in [6, 6.07) is 3.67. The number of nitrogens with one attached hydrogen (secondary N) is 1. The van der Waals surface area contributed by atoms with Gasteiger partial charge in [-0.05, 0) is 96.0 Å². The average molecular weight is 464 g/mol. The molecule has 1 N–H and O–H groups in total. The Hall–Kier alpha value is -1.85. The zero-order valence-corrected chi connectivity index (χ0v) is 21.8. The maximum absolute atomic E-state index is 13.3. The molecule has 1 aromatic rings. The molecule has 2 aliphatic rings. The molecule has 1 heterocycles. The van der Waals surface area contributed by atoms with Crippen LogP contribution in [0.4, 0.5) is 0 Å². The predicted molar refractivity (Wildman–Crippen MR) is 129 cm³/mol. The summed E-state index contributed by atoms with van der Waals surface area (Å²) >= 11 is 6.22. The van der Waals surface area contributed by atoms with E-state index in [1.54, 1.807) is 7.11 Å². The van der Waals surface area contributed by atoms with Gasteiger partial charge in [0, 0.05) is 12.1 Å². The number of methoxy groups -OCH3 is 1. The summed E-state index contributed by atoms with van der Waals surface area (Å²) in [6.07, 6.45) is 2.80. The van der Waals surface area contributed by atoms with E-state index in [2.05, 4.69) is 12.2 Å². The molecule has 1 fully saturated rings. The van der Waals surface area contributed by atoms with Crippen molar-refractivity contribution < 1.29 is 19.1 Å². The lowest BCUT2D eigenvalue weighted by molar-refractivity contribution is -0.150. The van der Waals surface area contributed by atoms with Crippen LogP contribution in [-0.4, -0.2) is 30.1 Å². The van der Waals surface area contributed by atoms with Gasteiger partial charge in [0.15, 0.2) is 0 Å². The van der Waals surface area contributed by atoms with Crippen molar-refractivity contribution in [3.63, 3.8) is 0 Å². The first-order valence-electron chi connectivity index (χ1n) is 11.4. The Kier molecular flexibility index (Phi) is 7.89. The van der Waals surface area contributed by atoms with Crippen molar-refractivity contribution in [2.45, 2.75) is 92.2 Å². The van der Waals surface area contributed by atoms with E-state index in [4.69, 9.17) is 21.1 Å². The van der Waals surface area contributed by atoms with Gasteiger partial charge in [0.25, 0.3) is 5.91 Å². The summed E-state index contributed by atoms with van der Waals surface area (Å²) in [6.45, 7) is 15.4. The number of aryl methyl sites for hydroxylation is 2. The summed E-state index contributed by atoms with van der Waals surface area (Å²) in [4.78, 5) is 26.2. The lowest BCUT2D eigenvalue weighted by Crippen LogP contribution is -2.51. The maximum Gasteiger partial charge on any atom is 0.316 e. The fourth-order valence-corrected chi connectivity index (χ4v) is 4.69. The molecule has 0 atom stereocenters. The van der Waals surface area contributed by atoms with Crippen molar-refractivity contribution in [3.05, 3.63) is 39.6 Å². The number of halogens is 1. The molecule has 3 rings (SSSR count). The molecule has 1 saturated carbocycles. The number of amides is 1. The van der Waals surface area contributed by atoms with Gasteiger partial charge in [-0.2, -0.15) is 0 Å². The lowest BCUT2D eigenvalue weighted by atomic mass is 9.73. The predicted octanol–water partition coefficient (Wildman–Crippen LogP) is 6.13. The van der Waals surface area contributed by atoms with E-state index in [0.717, 1.165) is 29.5 Å². The smallest absolute Gasteiger partial charge is 0.316 e. The molecule has 1 spiro atoms. The van der Waals surface area contributed by atoms with Crippen LogP contribution in [0.25, 0.3) is 5.57 Å². The topological polar surface area (TPSA) is 64.6 Å². The van der Waals surface area contributed by atoms with Crippen LogP contribution in [0.5, 0.6) is 0 Å². The summed E-state index contributed by atoms with van der Waals surface area (Å²) < 4.78 is 11.7. The second-order valence-electron chi connectivity index (χ2n) is 9.95. The lowest BCUT2D eigenvalue weighted by Gasteiger charge is -2.43. The van der Waals surface area contributed by atoms with Crippen molar-refractivity contribution in [1.29, 1.82) is 0 Å². The molecule has 0 aromatic heterocycles. The van der Waals surface area contributed by atoms with E-state index in [1.807, 2.05) is 60.6 Å². The van der Waals surface area contributed by atoms with Gasteiger partial charge in [0.1, 0.15) is 5.76 Å². The fraction of sp³-hybridized carbons (Fsp3) is 0.615. The molecule has 5 nitrogen and oxygen atoms in total. The quantitative estimate of drug-likeness (QED) is 0.547. The Balaban J connectivity index is 0.00000176. The Morgan fingerprint density at radius 3 is 2.00 bits per heavy atom. The average Bonchev–Trinajstić information content (AvgIpc) is 2.96. The molecule has 32 heavy (non-hydrogen) atoms. The Morgan fingerprint density at radius 1 is 1.06 bits per heavy atom. The van der Waals surface area contributed by atoms with Crippen molar-refractivity contribution >= 4 is 29.1 Å². The molecule has 0 radical (unpaired) electrons. The monoisotopic (exact) mass is 463 g/mol. The van der Waals surface area contributed by atoms with E-state index >= 15 is 0 Å². The third-order valence-corrected chi connectivity index (χ3v) is 6.67. The van der Waals surface area contributed by atoms with Crippen LogP contribution in [-0.2, 0) is 19.1 Å².